The standard InChI is InChI=1S/C14H13NO5/c1-14(2,3)13(18)10-11(16)7-5-4-6-8(15(19)20)9(7)12(10)17/h4-6,10H,1-3H3. The molecule has 0 heterocycles. The maximum Gasteiger partial charge on any atom is 0.280 e. The van der Waals surface area contributed by atoms with E-state index >= 15 is 0 Å². The molecule has 1 aromatic carbocycles. The van der Waals surface area contributed by atoms with E-state index in [9.17, 15) is 24.5 Å². The van der Waals surface area contributed by atoms with Crippen molar-refractivity contribution in [3.63, 3.8) is 0 Å². The van der Waals surface area contributed by atoms with E-state index in [-0.39, 0.29) is 11.1 Å². The second-order valence-electron chi connectivity index (χ2n) is 5.73. The largest absolute Gasteiger partial charge is 0.298 e. The van der Waals surface area contributed by atoms with Crippen molar-refractivity contribution in [1.29, 1.82) is 0 Å². The Kier molecular flexibility index (Phi) is 3.04. The Morgan fingerprint density at radius 1 is 1.20 bits per heavy atom. The number of carbonyl (C=O) groups is 3. The summed E-state index contributed by atoms with van der Waals surface area (Å²) in [7, 11) is 0. The maximum atomic E-state index is 12.3. The lowest BCUT2D eigenvalue weighted by Gasteiger charge is -2.19. The molecule has 1 aliphatic rings. The zero-order valence-corrected chi connectivity index (χ0v) is 11.3. The highest BCUT2D eigenvalue weighted by atomic mass is 16.6. The van der Waals surface area contributed by atoms with Gasteiger partial charge in [-0.15, -0.1) is 0 Å². The van der Waals surface area contributed by atoms with Gasteiger partial charge < -0.3 is 0 Å². The molecule has 104 valence electrons. The topological polar surface area (TPSA) is 94.3 Å². The van der Waals surface area contributed by atoms with E-state index in [1.54, 1.807) is 20.8 Å². The Morgan fingerprint density at radius 2 is 1.80 bits per heavy atom. The summed E-state index contributed by atoms with van der Waals surface area (Å²) in [6.07, 6.45) is 0. The molecule has 6 nitrogen and oxygen atoms in total. The van der Waals surface area contributed by atoms with Gasteiger partial charge in [-0.3, -0.25) is 24.5 Å². The quantitative estimate of drug-likeness (QED) is 0.468. The van der Waals surface area contributed by atoms with Crippen molar-refractivity contribution >= 4 is 23.0 Å². The highest BCUT2D eigenvalue weighted by Crippen LogP contribution is 2.36. The molecule has 0 bridgehead atoms. The highest BCUT2D eigenvalue weighted by Gasteiger charge is 2.49. The molecule has 0 saturated heterocycles. The second kappa shape index (κ2) is 4.33. The van der Waals surface area contributed by atoms with E-state index in [4.69, 9.17) is 0 Å². The average molecular weight is 275 g/mol. The lowest BCUT2D eigenvalue weighted by atomic mass is 9.81. The number of nitro benzene ring substituents is 1. The van der Waals surface area contributed by atoms with Gasteiger partial charge >= 0.3 is 0 Å². The van der Waals surface area contributed by atoms with Crippen LogP contribution in [0.2, 0.25) is 0 Å². The molecule has 0 aliphatic heterocycles. The Balaban J connectivity index is 2.60. The van der Waals surface area contributed by atoms with Gasteiger partial charge in [-0.05, 0) is 0 Å². The Labute approximate surface area is 114 Å². The Hall–Kier alpha value is -2.37. The van der Waals surface area contributed by atoms with E-state index in [1.165, 1.54) is 12.1 Å². The number of nitro groups is 1. The van der Waals surface area contributed by atoms with Crippen LogP contribution in [0.4, 0.5) is 5.69 Å². The molecule has 0 fully saturated rings. The maximum absolute atomic E-state index is 12.3. The number of benzene rings is 1. The first-order chi connectivity index (χ1) is 9.16. The van der Waals surface area contributed by atoms with Crippen LogP contribution in [0.1, 0.15) is 41.5 Å². The number of hydrogen-bond donors (Lipinski definition) is 0. The Morgan fingerprint density at radius 3 is 2.30 bits per heavy atom. The second-order valence-corrected chi connectivity index (χ2v) is 5.73. The van der Waals surface area contributed by atoms with Gasteiger partial charge in [0.05, 0.1) is 4.92 Å². The molecule has 2 rings (SSSR count). The van der Waals surface area contributed by atoms with Gasteiger partial charge in [0, 0.05) is 17.0 Å². The molecule has 1 aromatic rings. The van der Waals surface area contributed by atoms with Crippen molar-refractivity contribution in [3.8, 4) is 0 Å². The van der Waals surface area contributed by atoms with Crippen molar-refractivity contribution in [2.24, 2.45) is 11.3 Å². The molecular formula is C14H13NO5. The number of fused-ring (bicyclic) bond motifs is 1. The van der Waals surface area contributed by atoms with Gasteiger partial charge in [-0.2, -0.15) is 0 Å². The van der Waals surface area contributed by atoms with Crippen molar-refractivity contribution in [2.45, 2.75) is 20.8 Å². The van der Waals surface area contributed by atoms with E-state index in [2.05, 4.69) is 0 Å². The van der Waals surface area contributed by atoms with E-state index in [0.29, 0.717) is 0 Å². The average Bonchev–Trinajstić information content (AvgIpc) is 2.60. The molecule has 1 aliphatic carbocycles. The monoisotopic (exact) mass is 275 g/mol. The van der Waals surface area contributed by atoms with Crippen LogP contribution in [0.3, 0.4) is 0 Å². The van der Waals surface area contributed by atoms with E-state index in [1.807, 2.05) is 0 Å². The van der Waals surface area contributed by atoms with Crippen molar-refractivity contribution in [3.05, 3.63) is 39.4 Å². The smallest absolute Gasteiger partial charge is 0.280 e. The van der Waals surface area contributed by atoms with Crippen LogP contribution in [0.5, 0.6) is 0 Å². The number of nitrogens with zero attached hydrogens (tertiary/aromatic N) is 1. The van der Waals surface area contributed by atoms with Gasteiger partial charge in [0.25, 0.3) is 5.69 Å². The van der Waals surface area contributed by atoms with Gasteiger partial charge in [-0.25, -0.2) is 0 Å². The lowest BCUT2D eigenvalue weighted by molar-refractivity contribution is -0.385. The first-order valence-corrected chi connectivity index (χ1v) is 6.06. The molecule has 0 amide bonds. The fraction of sp³-hybridized carbons (Fsp3) is 0.357. The molecule has 1 unspecified atom stereocenters. The summed E-state index contributed by atoms with van der Waals surface area (Å²) in [4.78, 5) is 46.9. The third kappa shape index (κ3) is 1.93. The number of hydrogen-bond acceptors (Lipinski definition) is 5. The molecule has 1 atom stereocenters. The van der Waals surface area contributed by atoms with Crippen LogP contribution < -0.4 is 0 Å². The van der Waals surface area contributed by atoms with Crippen molar-refractivity contribution in [2.75, 3.05) is 0 Å². The summed E-state index contributed by atoms with van der Waals surface area (Å²) in [5, 5.41) is 10.9. The lowest BCUT2D eigenvalue weighted by Crippen LogP contribution is -2.34. The zero-order chi connectivity index (χ0) is 15.2. The van der Waals surface area contributed by atoms with Crippen molar-refractivity contribution < 1.29 is 19.3 Å². The summed E-state index contributed by atoms with van der Waals surface area (Å²) in [5.41, 5.74) is -1.57. The molecule has 6 heteroatoms. The van der Waals surface area contributed by atoms with E-state index in [0.717, 1.165) is 6.07 Å². The number of rotatable bonds is 2. The molecule has 0 N–H and O–H groups in total. The Bertz CT molecular complexity index is 654. The molecule has 20 heavy (non-hydrogen) atoms. The van der Waals surface area contributed by atoms with Gasteiger partial charge in [0.2, 0.25) is 0 Å². The first-order valence-electron chi connectivity index (χ1n) is 6.06. The SMILES string of the molecule is CC(C)(C)C(=O)C1C(=O)c2cccc([N+](=O)[O-])c2C1=O. The molecule has 0 aromatic heterocycles. The van der Waals surface area contributed by atoms with Crippen LogP contribution >= 0.6 is 0 Å². The molecule has 0 spiro atoms. The molecule has 0 radical (unpaired) electrons. The third-order valence-electron chi connectivity index (χ3n) is 3.28. The minimum absolute atomic E-state index is 0.0354. The fourth-order valence-corrected chi connectivity index (χ4v) is 2.25. The first kappa shape index (κ1) is 14.0. The number of ketones is 3. The normalized spacial score (nSPS) is 18.1. The predicted octanol–water partition coefficient (Wildman–Crippen LogP) is 2.21. The van der Waals surface area contributed by atoms with Crippen LogP contribution in [0, 0.1) is 21.4 Å². The van der Waals surface area contributed by atoms with Crippen molar-refractivity contribution in [1.82, 2.24) is 0 Å². The number of Topliss-reactive ketones (excluding diaryl/α,β-unsaturated/α-hetero) is 3. The van der Waals surface area contributed by atoms with Crippen LogP contribution in [0.25, 0.3) is 0 Å². The third-order valence-corrected chi connectivity index (χ3v) is 3.28. The van der Waals surface area contributed by atoms with Gasteiger partial charge in [0.1, 0.15) is 11.5 Å². The minimum atomic E-state index is -1.45. The van der Waals surface area contributed by atoms with Crippen LogP contribution in [0.15, 0.2) is 18.2 Å². The zero-order valence-electron chi connectivity index (χ0n) is 11.3. The van der Waals surface area contributed by atoms with E-state index < -0.39 is 39.3 Å². The minimum Gasteiger partial charge on any atom is -0.298 e. The fourth-order valence-electron chi connectivity index (χ4n) is 2.25. The highest BCUT2D eigenvalue weighted by molar-refractivity contribution is 6.37. The van der Waals surface area contributed by atoms with Crippen LogP contribution in [-0.4, -0.2) is 22.3 Å². The predicted molar refractivity (Wildman–Crippen MR) is 69.7 cm³/mol. The van der Waals surface area contributed by atoms with Crippen LogP contribution in [-0.2, 0) is 4.79 Å². The summed E-state index contributed by atoms with van der Waals surface area (Å²) in [6.45, 7) is 4.81. The summed E-state index contributed by atoms with van der Waals surface area (Å²) < 4.78 is 0. The summed E-state index contributed by atoms with van der Waals surface area (Å²) >= 11 is 0. The van der Waals surface area contributed by atoms with Gasteiger partial charge in [-0.1, -0.05) is 32.9 Å². The number of carbonyl (C=O) groups excluding carboxylic acids is 3. The summed E-state index contributed by atoms with van der Waals surface area (Å²) in [5.74, 6) is -3.38. The molecule has 0 saturated carbocycles. The summed E-state index contributed by atoms with van der Waals surface area (Å²) in [6, 6.07) is 3.85. The molecular weight excluding hydrogens is 262 g/mol. The van der Waals surface area contributed by atoms with Gasteiger partial charge in [0.15, 0.2) is 17.3 Å².